The molecule has 1 aliphatic rings. The van der Waals surface area contributed by atoms with Crippen molar-refractivity contribution in [2.45, 2.75) is 25.6 Å². The van der Waals surface area contributed by atoms with Gasteiger partial charge in [0, 0.05) is 12.7 Å². The highest BCUT2D eigenvalue weighted by molar-refractivity contribution is 5.74. The molecule has 0 unspecified atom stereocenters. The maximum absolute atomic E-state index is 12.3. The second-order valence-corrected chi connectivity index (χ2v) is 3.93. The van der Waals surface area contributed by atoms with E-state index in [9.17, 15) is 18.0 Å². The van der Waals surface area contributed by atoms with Crippen molar-refractivity contribution in [3.05, 3.63) is 18.0 Å². The third-order valence-electron chi connectivity index (χ3n) is 2.51. The number of halogens is 3. The van der Waals surface area contributed by atoms with E-state index >= 15 is 0 Å². The van der Waals surface area contributed by atoms with E-state index in [1.807, 2.05) is 0 Å². The molecule has 0 N–H and O–H groups in total. The van der Waals surface area contributed by atoms with E-state index in [1.54, 1.807) is 0 Å². The predicted octanol–water partition coefficient (Wildman–Crippen LogP) is 1.46. The van der Waals surface area contributed by atoms with Crippen molar-refractivity contribution < 1.29 is 22.8 Å². The second kappa shape index (κ2) is 4.97. The van der Waals surface area contributed by atoms with Gasteiger partial charge >= 0.3 is 6.18 Å². The SMILES string of the molecule is O=C(Cn1ccc(C(F)(F)F)n1)N1CCCCO1. The molecule has 0 aliphatic carbocycles. The van der Waals surface area contributed by atoms with Gasteiger partial charge in [-0.15, -0.1) is 0 Å². The van der Waals surface area contributed by atoms with Crippen molar-refractivity contribution in [2.24, 2.45) is 0 Å². The first-order chi connectivity index (χ1) is 8.47. The molecule has 1 saturated heterocycles. The summed E-state index contributed by atoms with van der Waals surface area (Å²) in [5.41, 5.74) is -1.00. The van der Waals surface area contributed by atoms with Crippen LogP contribution in [0.3, 0.4) is 0 Å². The Balaban J connectivity index is 1.96. The molecule has 8 heteroatoms. The van der Waals surface area contributed by atoms with E-state index in [0.29, 0.717) is 13.2 Å². The van der Waals surface area contributed by atoms with Crippen LogP contribution in [0.4, 0.5) is 13.2 Å². The standard InChI is InChI=1S/C10H12F3N3O2/c11-10(12,13)8-3-5-15(14-8)7-9(17)16-4-1-2-6-18-16/h3,5H,1-2,4,6-7H2. The maximum atomic E-state index is 12.3. The van der Waals surface area contributed by atoms with Crippen molar-refractivity contribution in [3.63, 3.8) is 0 Å². The highest BCUT2D eigenvalue weighted by atomic mass is 19.4. The van der Waals surface area contributed by atoms with E-state index in [1.165, 1.54) is 5.06 Å². The van der Waals surface area contributed by atoms with Crippen LogP contribution in [-0.4, -0.2) is 33.9 Å². The summed E-state index contributed by atoms with van der Waals surface area (Å²) >= 11 is 0. The van der Waals surface area contributed by atoms with Gasteiger partial charge in [0.2, 0.25) is 0 Å². The summed E-state index contributed by atoms with van der Waals surface area (Å²) in [7, 11) is 0. The molecule has 0 aromatic carbocycles. The lowest BCUT2D eigenvalue weighted by atomic mass is 10.3. The van der Waals surface area contributed by atoms with Crippen molar-refractivity contribution in [2.75, 3.05) is 13.2 Å². The number of aromatic nitrogens is 2. The zero-order chi connectivity index (χ0) is 13.2. The highest BCUT2D eigenvalue weighted by Gasteiger charge is 2.33. The molecule has 1 aromatic heterocycles. The van der Waals surface area contributed by atoms with E-state index in [2.05, 4.69) is 5.10 Å². The fourth-order valence-electron chi connectivity index (χ4n) is 1.61. The van der Waals surface area contributed by atoms with Gasteiger partial charge in [0.05, 0.1) is 6.61 Å². The monoisotopic (exact) mass is 263 g/mol. The number of hydroxylamine groups is 2. The first kappa shape index (κ1) is 12.9. The van der Waals surface area contributed by atoms with Crippen LogP contribution >= 0.6 is 0 Å². The first-order valence-corrected chi connectivity index (χ1v) is 5.51. The summed E-state index contributed by atoms with van der Waals surface area (Å²) in [5, 5.41) is 4.48. The van der Waals surface area contributed by atoms with Gasteiger partial charge in [0.15, 0.2) is 5.69 Å². The van der Waals surface area contributed by atoms with E-state index in [-0.39, 0.29) is 6.54 Å². The molecule has 1 aromatic rings. The van der Waals surface area contributed by atoms with Gasteiger partial charge in [0.25, 0.3) is 5.91 Å². The lowest BCUT2D eigenvalue weighted by molar-refractivity contribution is -0.197. The quantitative estimate of drug-likeness (QED) is 0.811. The molecule has 1 fully saturated rings. The fourth-order valence-corrected chi connectivity index (χ4v) is 1.61. The van der Waals surface area contributed by atoms with Gasteiger partial charge in [0.1, 0.15) is 6.54 Å². The normalized spacial score (nSPS) is 16.9. The predicted molar refractivity (Wildman–Crippen MR) is 54.1 cm³/mol. The Bertz CT molecular complexity index is 424. The molecule has 1 amide bonds. The Labute approximate surface area is 101 Å². The molecule has 0 bridgehead atoms. The molecule has 100 valence electrons. The average Bonchev–Trinajstić information content (AvgIpc) is 2.78. The molecule has 0 saturated carbocycles. The van der Waals surface area contributed by atoms with Gasteiger partial charge in [-0.25, -0.2) is 5.06 Å². The van der Waals surface area contributed by atoms with Crippen molar-refractivity contribution in [1.29, 1.82) is 0 Å². The Morgan fingerprint density at radius 3 is 2.78 bits per heavy atom. The van der Waals surface area contributed by atoms with Crippen molar-refractivity contribution in [1.82, 2.24) is 14.8 Å². The molecule has 18 heavy (non-hydrogen) atoms. The Kier molecular flexibility index (Phi) is 3.55. The number of hydrogen-bond acceptors (Lipinski definition) is 3. The lowest BCUT2D eigenvalue weighted by Gasteiger charge is -2.25. The smallest absolute Gasteiger partial charge is 0.271 e. The Morgan fingerprint density at radius 2 is 2.22 bits per heavy atom. The van der Waals surface area contributed by atoms with Crippen LogP contribution in [0.15, 0.2) is 12.3 Å². The molecule has 0 atom stereocenters. The fraction of sp³-hybridized carbons (Fsp3) is 0.600. The van der Waals surface area contributed by atoms with E-state index in [0.717, 1.165) is 29.8 Å². The minimum atomic E-state index is -4.49. The van der Waals surface area contributed by atoms with Gasteiger partial charge in [-0.2, -0.15) is 18.3 Å². The largest absolute Gasteiger partial charge is 0.435 e. The number of amides is 1. The first-order valence-electron chi connectivity index (χ1n) is 5.51. The van der Waals surface area contributed by atoms with E-state index < -0.39 is 17.8 Å². The topological polar surface area (TPSA) is 47.4 Å². The molecule has 5 nitrogen and oxygen atoms in total. The van der Waals surface area contributed by atoms with Crippen LogP contribution in [0.2, 0.25) is 0 Å². The summed E-state index contributed by atoms with van der Waals surface area (Å²) in [4.78, 5) is 16.8. The zero-order valence-electron chi connectivity index (χ0n) is 9.48. The zero-order valence-corrected chi connectivity index (χ0v) is 9.48. The molecular weight excluding hydrogens is 251 g/mol. The lowest BCUT2D eigenvalue weighted by Crippen LogP contribution is -2.38. The molecule has 2 heterocycles. The number of carbonyl (C=O) groups is 1. The minimum absolute atomic E-state index is 0.254. The summed E-state index contributed by atoms with van der Waals surface area (Å²) in [6.45, 7) is 0.668. The highest BCUT2D eigenvalue weighted by Crippen LogP contribution is 2.27. The van der Waals surface area contributed by atoms with Crippen LogP contribution in [0.5, 0.6) is 0 Å². The van der Waals surface area contributed by atoms with Crippen LogP contribution in [0, 0.1) is 0 Å². The Morgan fingerprint density at radius 1 is 1.44 bits per heavy atom. The molecular formula is C10H12F3N3O2. The number of carbonyl (C=O) groups excluding carboxylic acids is 1. The van der Waals surface area contributed by atoms with Crippen molar-refractivity contribution >= 4 is 5.91 Å². The molecule has 0 radical (unpaired) electrons. The maximum Gasteiger partial charge on any atom is 0.435 e. The summed E-state index contributed by atoms with van der Waals surface area (Å²) < 4.78 is 37.9. The molecule has 0 spiro atoms. The third kappa shape index (κ3) is 3.00. The minimum Gasteiger partial charge on any atom is -0.271 e. The summed E-state index contributed by atoms with van der Waals surface area (Å²) in [6, 6.07) is 0.838. The Hall–Kier alpha value is -1.57. The van der Waals surface area contributed by atoms with E-state index in [4.69, 9.17) is 4.84 Å². The van der Waals surface area contributed by atoms with Gasteiger partial charge in [-0.1, -0.05) is 0 Å². The number of nitrogens with zero attached hydrogens (tertiary/aromatic N) is 3. The number of rotatable bonds is 2. The summed E-state index contributed by atoms with van der Waals surface area (Å²) in [6.07, 6.45) is -1.65. The van der Waals surface area contributed by atoms with Gasteiger partial charge in [-0.3, -0.25) is 14.3 Å². The molecule has 1 aliphatic heterocycles. The van der Waals surface area contributed by atoms with Gasteiger partial charge in [-0.05, 0) is 18.9 Å². The average molecular weight is 263 g/mol. The van der Waals surface area contributed by atoms with Crippen molar-refractivity contribution in [3.8, 4) is 0 Å². The van der Waals surface area contributed by atoms with Crippen LogP contribution < -0.4 is 0 Å². The summed E-state index contributed by atoms with van der Waals surface area (Å²) in [5.74, 6) is -0.397. The van der Waals surface area contributed by atoms with Crippen LogP contribution in [0.1, 0.15) is 18.5 Å². The van der Waals surface area contributed by atoms with Crippen LogP contribution in [0.25, 0.3) is 0 Å². The second-order valence-electron chi connectivity index (χ2n) is 3.93. The third-order valence-corrected chi connectivity index (χ3v) is 2.51. The number of hydrogen-bond donors (Lipinski definition) is 0. The number of alkyl halides is 3. The van der Waals surface area contributed by atoms with Gasteiger partial charge < -0.3 is 0 Å². The molecule has 2 rings (SSSR count). The van der Waals surface area contributed by atoms with Crippen LogP contribution in [-0.2, 0) is 22.4 Å².